The van der Waals surface area contributed by atoms with Crippen LogP contribution in [0.25, 0.3) is 0 Å². The minimum absolute atomic E-state index is 0.320. The number of carbonyl (C=O) groups excluding carboxylic acids is 1. The third kappa shape index (κ3) is 5.12. The zero-order valence-electron chi connectivity index (χ0n) is 11.8. The Labute approximate surface area is 122 Å². The lowest BCUT2D eigenvalue weighted by atomic mass is 10.2. The Morgan fingerprint density at radius 3 is 2.75 bits per heavy atom. The van der Waals surface area contributed by atoms with Gasteiger partial charge in [-0.1, -0.05) is 0 Å². The first-order valence-electron chi connectivity index (χ1n) is 6.19. The van der Waals surface area contributed by atoms with Crippen LogP contribution in [0.15, 0.2) is 6.20 Å². The van der Waals surface area contributed by atoms with Gasteiger partial charge in [-0.15, -0.1) is 0 Å². The third-order valence-corrected chi connectivity index (χ3v) is 3.41. The molecule has 0 aliphatic rings. The van der Waals surface area contributed by atoms with Crippen molar-refractivity contribution in [2.24, 2.45) is 7.05 Å². The second-order valence-electron chi connectivity index (χ2n) is 4.41. The number of carboxylic acids is 1. The molecule has 20 heavy (non-hydrogen) atoms. The lowest BCUT2D eigenvalue weighted by molar-refractivity contribution is -0.139. The molecule has 0 aromatic carbocycles. The van der Waals surface area contributed by atoms with Gasteiger partial charge in [-0.3, -0.25) is 4.68 Å². The predicted octanol–water partition coefficient (Wildman–Crippen LogP) is 0.734. The summed E-state index contributed by atoms with van der Waals surface area (Å²) in [6.45, 7) is 2.17. The Morgan fingerprint density at radius 1 is 1.55 bits per heavy atom. The van der Waals surface area contributed by atoms with Crippen LogP contribution in [-0.2, 0) is 18.4 Å². The van der Waals surface area contributed by atoms with E-state index >= 15 is 0 Å². The maximum Gasteiger partial charge on any atom is 0.326 e. The molecule has 0 unspecified atom stereocenters. The topological polar surface area (TPSA) is 96.3 Å². The molecule has 0 aliphatic heterocycles. The number of aromatic nitrogens is 2. The van der Waals surface area contributed by atoms with Crippen LogP contribution in [0, 0.1) is 6.92 Å². The van der Waals surface area contributed by atoms with E-state index in [4.69, 9.17) is 5.11 Å². The molecule has 0 fully saturated rings. The first-order valence-corrected chi connectivity index (χ1v) is 7.58. The molecule has 1 aromatic heterocycles. The second-order valence-corrected chi connectivity index (χ2v) is 5.40. The number of nitrogens with one attached hydrogen (secondary N) is 2. The molecule has 0 saturated heterocycles. The Balaban J connectivity index is 2.45. The van der Waals surface area contributed by atoms with Crippen LogP contribution in [-0.4, -0.2) is 44.9 Å². The number of carboxylic acid groups (broad SMARTS) is 1. The van der Waals surface area contributed by atoms with E-state index in [9.17, 15) is 9.59 Å². The van der Waals surface area contributed by atoms with Gasteiger partial charge in [0.15, 0.2) is 0 Å². The summed E-state index contributed by atoms with van der Waals surface area (Å²) in [6.07, 6.45) is 4.11. The lowest BCUT2D eigenvalue weighted by Gasteiger charge is -2.14. The maximum absolute atomic E-state index is 11.7. The summed E-state index contributed by atoms with van der Waals surface area (Å²) in [6, 6.07) is -1.35. The summed E-state index contributed by atoms with van der Waals surface area (Å²) >= 11 is 1.54. The Bertz CT molecular complexity index is 475. The van der Waals surface area contributed by atoms with Gasteiger partial charge in [0.1, 0.15) is 6.04 Å². The molecular formula is C12H20N4O3S. The Hall–Kier alpha value is -1.70. The molecule has 0 bridgehead atoms. The van der Waals surface area contributed by atoms with Crippen LogP contribution < -0.4 is 10.6 Å². The summed E-state index contributed by atoms with van der Waals surface area (Å²) in [7, 11) is 1.81. The molecule has 1 atom stereocenters. The van der Waals surface area contributed by atoms with E-state index in [0.29, 0.717) is 18.7 Å². The van der Waals surface area contributed by atoms with Crippen molar-refractivity contribution in [1.29, 1.82) is 0 Å². The molecule has 112 valence electrons. The smallest absolute Gasteiger partial charge is 0.326 e. The Kier molecular flexibility index (Phi) is 6.37. The minimum Gasteiger partial charge on any atom is -0.480 e. The van der Waals surface area contributed by atoms with Crippen molar-refractivity contribution in [1.82, 2.24) is 20.4 Å². The van der Waals surface area contributed by atoms with Crippen molar-refractivity contribution >= 4 is 23.8 Å². The van der Waals surface area contributed by atoms with E-state index in [1.54, 1.807) is 23.5 Å². The van der Waals surface area contributed by atoms with Gasteiger partial charge in [-0.2, -0.15) is 16.9 Å². The summed E-state index contributed by atoms with van der Waals surface area (Å²) in [4.78, 5) is 22.7. The highest BCUT2D eigenvalue weighted by molar-refractivity contribution is 7.98. The van der Waals surface area contributed by atoms with E-state index in [1.807, 2.05) is 19.4 Å². The standard InChI is InChI=1S/C12H20N4O3S/c1-8-9(7-16(2)15-8)6-13-12(19)14-10(11(17)18)4-5-20-3/h7,10H,4-6H2,1-3H3,(H,17,18)(H2,13,14,19)/t10-/m0/s1. The summed E-state index contributed by atoms with van der Waals surface area (Å²) in [5.74, 6) is -0.342. The van der Waals surface area contributed by atoms with E-state index in [0.717, 1.165) is 11.3 Å². The maximum atomic E-state index is 11.7. The average molecular weight is 300 g/mol. The predicted molar refractivity (Wildman–Crippen MR) is 77.7 cm³/mol. The third-order valence-electron chi connectivity index (χ3n) is 2.77. The largest absolute Gasteiger partial charge is 0.480 e. The van der Waals surface area contributed by atoms with Gasteiger partial charge in [0.25, 0.3) is 0 Å². The number of thioether (sulfide) groups is 1. The highest BCUT2D eigenvalue weighted by Crippen LogP contribution is 2.04. The quantitative estimate of drug-likeness (QED) is 0.690. The number of carbonyl (C=O) groups is 2. The van der Waals surface area contributed by atoms with Gasteiger partial charge < -0.3 is 15.7 Å². The zero-order valence-corrected chi connectivity index (χ0v) is 12.7. The number of rotatable bonds is 7. The number of urea groups is 1. The molecule has 3 N–H and O–H groups in total. The SMILES string of the molecule is CSCC[C@H](NC(=O)NCc1cn(C)nc1C)C(=O)O. The fraction of sp³-hybridized carbons (Fsp3) is 0.583. The van der Waals surface area contributed by atoms with Crippen molar-refractivity contribution in [2.45, 2.75) is 25.9 Å². The molecular weight excluding hydrogens is 280 g/mol. The number of amides is 2. The Morgan fingerprint density at radius 2 is 2.25 bits per heavy atom. The van der Waals surface area contributed by atoms with Crippen molar-refractivity contribution in [2.75, 3.05) is 12.0 Å². The zero-order chi connectivity index (χ0) is 15.1. The van der Waals surface area contributed by atoms with Gasteiger partial charge in [-0.05, 0) is 25.4 Å². The normalized spacial score (nSPS) is 11.9. The minimum atomic E-state index is -1.02. The van der Waals surface area contributed by atoms with Crippen LogP contribution in [0.5, 0.6) is 0 Å². The molecule has 7 nitrogen and oxygen atoms in total. The van der Waals surface area contributed by atoms with Gasteiger partial charge in [0.2, 0.25) is 0 Å². The average Bonchev–Trinajstić information content (AvgIpc) is 2.70. The van der Waals surface area contributed by atoms with Crippen molar-refractivity contribution in [3.05, 3.63) is 17.5 Å². The molecule has 1 heterocycles. The molecule has 0 aliphatic carbocycles. The number of hydrogen-bond donors (Lipinski definition) is 3. The molecule has 1 rings (SSSR count). The van der Waals surface area contributed by atoms with Crippen LogP contribution in [0.4, 0.5) is 4.79 Å². The van der Waals surface area contributed by atoms with E-state index in [2.05, 4.69) is 15.7 Å². The molecule has 0 radical (unpaired) electrons. The summed E-state index contributed by atoms with van der Waals surface area (Å²) < 4.78 is 1.67. The number of hydrogen-bond acceptors (Lipinski definition) is 4. The van der Waals surface area contributed by atoms with E-state index < -0.39 is 18.0 Å². The molecule has 2 amide bonds. The molecule has 0 spiro atoms. The van der Waals surface area contributed by atoms with Crippen molar-refractivity contribution in [3.63, 3.8) is 0 Å². The highest BCUT2D eigenvalue weighted by Gasteiger charge is 2.19. The monoisotopic (exact) mass is 300 g/mol. The first kappa shape index (κ1) is 16.4. The fourth-order valence-electron chi connectivity index (χ4n) is 1.70. The van der Waals surface area contributed by atoms with Crippen LogP contribution in [0.2, 0.25) is 0 Å². The number of nitrogens with zero attached hydrogens (tertiary/aromatic N) is 2. The van der Waals surface area contributed by atoms with Gasteiger partial charge in [0, 0.05) is 25.4 Å². The number of aliphatic carboxylic acids is 1. The molecule has 0 saturated carbocycles. The van der Waals surface area contributed by atoms with Gasteiger partial charge >= 0.3 is 12.0 Å². The summed E-state index contributed by atoms with van der Waals surface area (Å²) in [5, 5.41) is 18.3. The van der Waals surface area contributed by atoms with Gasteiger partial charge in [-0.25, -0.2) is 9.59 Å². The van der Waals surface area contributed by atoms with Crippen LogP contribution in [0.1, 0.15) is 17.7 Å². The highest BCUT2D eigenvalue weighted by atomic mass is 32.2. The second kappa shape index (κ2) is 7.78. The van der Waals surface area contributed by atoms with E-state index in [1.165, 1.54) is 0 Å². The lowest BCUT2D eigenvalue weighted by Crippen LogP contribution is -2.46. The molecule has 8 heteroatoms. The van der Waals surface area contributed by atoms with Crippen molar-refractivity contribution in [3.8, 4) is 0 Å². The van der Waals surface area contributed by atoms with Crippen LogP contribution in [0.3, 0.4) is 0 Å². The number of aryl methyl sites for hydroxylation is 2. The van der Waals surface area contributed by atoms with Crippen LogP contribution >= 0.6 is 11.8 Å². The van der Waals surface area contributed by atoms with Crippen molar-refractivity contribution < 1.29 is 14.7 Å². The molecule has 1 aromatic rings. The fourth-order valence-corrected chi connectivity index (χ4v) is 2.17. The summed E-state index contributed by atoms with van der Waals surface area (Å²) in [5.41, 5.74) is 1.74. The first-order chi connectivity index (χ1) is 9.43. The van der Waals surface area contributed by atoms with Gasteiger partial charge in [0.05, 0.1) is 5.69 Å². The van der Waals surface area contributed by atoms with E-state index in [-0.39, 0.29) is 0 Å².